The molecule has 0 aliphatic carbocycles. The van der Waals surface area contributed by atoms with E-state index >= 15 is 0 Å². The summed E-state index contributed by atoms with van der Waals surface area (Å²) in [6, 6.07) is 8.80. The number of hydrogen-bond acceptors (Lipinski definition) is 4. The summed E-state index contributed by atoms with van der Waals surface area (Å²) in [7, 11) is 0. The van der Waals surface area contributed by atoms with E-state index in [4.69, 9.17) is 16.3 Å². The van der Waals surface area contributed by atoms with E-state index < -0.39 is 0 Å². The molecule has 1 aromatic carbocycles. The van der Waals surface area contributed by atoms with Crippen LogP contribution in [0.4, 0.5) is 0 Å². The highest BCUT2D eigenvalue weighted by molar-refractivity contribution is 7.12. The van der Waals surface area contributed by atoms with E-state index in [1.165, 1.54) is 11.3 Å². The monoisotopic (exact) mass is 336 g/mol. The van der Waals surface area contributed by atoms with Crippen molar-refractivity contribution in [2.75, 3.05) is 6.61 Å². The number of thiophene rings is 1. The minimum absolute atomic E-state index is 0.273. The average molecular weight is 337 g/mol. The van der Waals surface area contributed by atoms with Gasteiger partial charge in [0.15, 0.2) is 0 Å². The van der Waals surface area contributed by atoms with E-state index in [9.17, 15) is 9.59 Å². The Morgan fingerprint density at radius 1 is 1.27 bits per heavy atom. The van der Waals surface area contributed by atoms with Gasteiger partial charge in [-0.05, 0) is 41.6 Å². The fourth-order valence-corrected chi connectivity index (χ4v) is 3.03. The van der Waals surface area contributed by atoms with Gasteiger partial charge in [-0.1, -0.05) is 17.7 Å². The quantitative estimate of drug-likeness (QED) is 0.828. The van der Waals surface area contributed by atoms with Gasteiger partial charge in [-0.15, -0.1) is 11.3 Å². The highest BCUT2D eigenvalue weighted by Crippen LogP contribution is 2.29. The van der Waals surface area contributed by atoms with Crippen LogP contribution < -0.4 is 15.6 Å². The normalized spacial score (nSPS) is 16.3. The zero-order chi connectivity index (χ0) is 15.5. The zero-order valence-corrected chi connectivity index (χ0v) is 13.0. The lowest BCUT2D eigenvalue weighted by Gasteiger charge is -2.24. The molecule has 0 saturated heterocycles. The Morgan fingerprint density at radius 3 is 2.91 bits per heavy atom. The smallest absolute Gasteiger partial charge is 0.279 e. The number of nitrogens with one attached hydrogen (secondary N) is 2. The van der Waals surface area contributed by atoms with Crippen LogP contribution in [-0.4, -0.2) is 18.4 Å². The summed E-state index contributed by atoms with van der Waals surface area (Å²) in [6.45, 7) is 0.273. The molecule has 0 spiro atoms. The summed E-state index contributed by atoms with van der Waals surface area (Å²) < 4.78 is 5.56. The van der Waals surface area contributed by atoms with E-state index in [1.54, 1.807) is 35.7 Å². The number of carbonyl (C=O) groups is 2. The van der Waals surface area contributed by atoms with E-state index in [1.807, 2.05) is 0 Å². The van der Waals surface area contributed by atoms with Gasteiger partial charge < -0.3 is 4.74 Å². The van der Waals surface area contributed by atoms with E-state index in [2.05, 4.69) is 10.9 Å². The van der Waals surface area contributed by atoms with Gasteiger partial charge in [0.25, 0.3) is 5.91 Å². The van der Waals surface area contributed by atoms with Crippen molar-refractivity contribution in [1.29, 1.82) is 0 Å². The average Bonchev–Trinajstić information content (AvgIpc) is 3.06. The standard InChI is InChI=1S/C15H13ClN2O3S/c16-11-3-4-12-9(7-11)6-10(8-21-12)14(19)17-18-15(20)13-2-1-5-22-13/h1-5,7,10H,6,8H2,(H,17,19)(H,18,20)/t10-/m0/s1. The summed E-state index contributed by atoms with van der Waals surface area (Å²) in [4.78, 5) is 24.4. The Hall–Kier alpha value is -2.05. The molecule has 3 rings (SSSR count). The third kappa shape index (κ3) is 3.23. The second-order valence-corrected chi connectivity index (χ2v) is 6.27. The lowest BCUT2D eigenvalue weighted by atomic mass is 9.96. The Kier molecular flexibility index (Phi) is 4.31. The molecule has 0 unspecified atom stereocenters. The van der Waals surface area contributed by atoms with Gasteiger partial charge in [0.2, 0.25) is 5.91 Å². The van der Waals surface area contributed by atoms with Gasteiger partial charge in [-0.25, -0.2) is 0 Å². The number of carbonyl (C=O) groups excluding carboxylic acids is 2. The van der Waals surface area contributed by atoms with E-state index in [0.29, 0.717) is 16.3 Å². The first-order chi connectivity index (χ1) is 10.6. The van der Waals surface area contributed by atoms with Crippen LogP contribution in [0.15, 0.2) is 35.7 Å². The lowest BCUT2D eigenvalue weighted by Crippen LogP contribution is -2.46. The van der Waals surface area contributed by atoms with Crippen molar-refractivity contribution in [3.63, 3.8) is 0 Å². The van der Waals surface area contributed by atoms with Crippen LogP contribution in [0.5, 0.6) is 5.75 Å². The van der Waals surface area contributed by atoms with Crippen molar-refractivity contribution >= 4 is 34.8 Å². The van der Waals surface area contributed by atoms with Gasteiger partial charge in [-0.2, -0.15) is 0 Å². The summed E-state index contributed by atoms with van der Waals surface area (Å²) in [5.74, 6) is -0.232. The number of fused-ring (bicyclic) bond motifs is 1. The first-order valence-corrected chi connectivity index (χ1v) is 7.94. The highest BCUT2D eigenvalue weighted by atomic mass is 35.5. The van der Waals surface area contributed by atoms with Gasteiger partial charge in [0.1, 0.15) is 12.4 Å². The maximum absolute atomic E-state index is 12.1. The molecular formula is C15H13ClN2O3S. The maximum atomic E-state index is 12.1. The van der Waals surface area contributed by atoms with Gasteiger partial charge in [0.05, 0.1) is 10.8 Å². The van der Waals surface area contributed by atoms with E-state index in [0.717, 1.165) is 11.3 Å². The molecule has 0 radical (unpaired) electrons. The van der Waals surface area contributed by atoms with Crippen LogP contribution in [0.3, 0.4) is 0 Å². The van der Waals surface area contributed by atoms with Crippen LogP contribution in [0.1, 0.15) is 15.2 Å². The third-order valence-corrected chi connectivity index (χ3v) is 4.45. The number of ether oxygens (including phenoxy) is 1. The molecule has 114 valence electrons. The maximum Gasteiger partial charge on any atom is 0.279 e. The van der Waals surface area contributed by atoms with Crippen LogP contribution in [0.2, 0.25) is 5.02 Å². The fraction of sp³-hybridized carbons (Fsp3) is 0.200. The molecule has 2 N–H and O–H groups in total. The molecule has 1 aliphatic heterocycles. The number of amides is 2. The number of halogens is 1. The van der Waals surface area contributed by atoms with Gasteiger partial charge in [0, 0.05) is 5.02 Å². The van der Waals surface area contributed by atoms with E-state index in [-0.39, 0.29) is 24.3 Å². The predicted octanol–water partition coefficient (Wildman–Crippen LogP) is 2.41. The molecule has 7 heteroatoms. The molecule has 0 saturated carbocycles. The Morgan fingerprint density at radius 2 is 2.14 bits per heavy atom. The summed E-state index contributed by atoms with van der Waals surface area (Å²) in [6.07, 6.45) is 0.524. The van der Waals surface area contributed by atoms with Crippen molar-refractivity contribution in [1.82, 2.24) is 10.9 Å². The Labute approximate surface area is 136 Å². The molecule has 2 heterocycles. The first-order valence-electron chi connectivity index (χ1n) is 6.68. The molecule has 5 nitrogen and oxygen atoms in total. The Balaban J connectivity index is 1.58. The molecule has 0 fully saturated rings. The van der Waals surface area contributed by atoms with Crippen molar-refractivity contribution < 1.29 is 14.3 Å². The Bertz CT molecular complexity index is 703. The molecule has 2 amide bonds. The molecule has 22 heavy (non-hydrogen) atoms. The van der Waals surface area contributed by atoms with Crippen molar-refractivity contribution in [3.05, 3.63) is 51.2 Å². The van der Waals surface area contributed by atoms with Gasteiger partial charge >= 0.3 is 0 Å². The van der Waals surface area contributed by atoms with Crippen molar-refractivity contribution in [2.24, 2.45) is 5.92 Å². The molecule has 1 aromatic heterocycles. The topological polar surface area (TPSA) is 67.4 Å². The molecule has 2 aromatic rings. The molecule has 1 atom stereocenters. The van der Waals surface area contributed by atoms with Crippen LogP contribution in [0, 0.1) is 5.92 Å². The first kappa shape index (κ1) is 14.9. The third-order valence-electron chi connectivity index (χ3n) is 3.34. The second kappa shape index (κ2) is 6.37. The number of benzene rings is 1. The molecule has 1 aliphatic rings. The van der Waals surface area contributed by atoms with Crippen molar-refractivity contribution in [3.8, 4) is 5.75 Å². The summed E-state index contributed by atoms with van der Waals surface area (Å²) >= 11 is 7.26. The second-order valence-electron chi connectivity index (χ2n) is 4.88. The molecule has 0 bridgehead atoms. The van der Waals surface area contributed by atoms with Crippen LogP contribution >= 0.6 is 22.9 Å². The lowest BCUT2D eigenvalue weighted by molar-refractivity contribution is -0.127. The van der Waals surface area contributed by atoms with Crippen LogP contribution in [0.25, 0.3) is 0 Å². The number of hydrogen-bond donors (Lipinski definition) is 2. The minimum atomic E-state index is -0.366. The zero-order valence-electron chi connectivity index (χ0n) is 11.5. The fourth-order valence-electron chi connectivity index (χ4n) is 2.22. The SMILES string of the molecule is O=C(NNC(=O)[C@@H]1COc2ccc(Cl)cc2C1)c1cccs1. The molecular weight excluding hydrogens is 324 g/mol. The van der Waals surface area contributed by atoms with Crippen molar-refractivity contribution in [2.45, 2.75) is 6.42 Å². The summed E-state index contributed by atoms with van der Waals surface area (Å²) in [5, 5.41) is 2.40. The largest absolute Gasteiger partial charge is 0.492 e. The predicted molar refractivity (Wildman–Crippen MR) is 84.1 cm³/mol. The summed E-state index contributed by atoms with van der Waals surface area (Å²) in [5.41, 5.74) is 5.74. The highest BCUT2D eigenvalue weighted by Gasteiger charge is 2.26. The number of hydrazine groups is 1. The minimum Gasteiger partial charge on any atom is -0.492 e. The van der Waals surface area contributed by atoms with Gasteiger partial charge in [-0.3, -0.25) is 20.4 Å². The number of rotatable bonds is 2. The van der Waals surface area contributed by atoms with Crippen LogP contribution in [-0.2, 0) is 11.2 Å².